The second-order valence-electron chi connectivity index (χ2n) is 7.23. The van der Waals surface area contributed by atoms with E-state index in [0.29, 0.717) is 0 Å². The lowest BCUT2D eigenvalue weighted by Gasteiger charge is -2.26. The largest absolute Gasteiger partial charge is 0.357 e. The summed E-state index contributed by atoms with van der Waals surface area (Å²) in [5.41, 5.74) is 1.08. The van der Waals surface area contributed by atoms with E-state index >= 15 is 0 Å². The molecule has 8 heteroatoms. The lowest BCUT2D eigenvalue weighted by atomic mass is 10.2. The Hall–Kier alpha value is -1.67. The number of amides is 1. The number of nitrogens with one attached hydrogen (secondary N) is 1. The number of hydrogen-bond donors (Lipinski definition) is 1. The first-order valence-electron chi connectivity index (χ1n) is 9.78. The monoisotopic (exact) mass is 394 g/mol. The number of likely N-dealkylation sites (N-methyl/N-ethyl adjacent to an activating group) is 1. The SMILES string of the molecule is CCNC(=NCCCN1CCCC1C(=O)N(C)C)N(C)Cc1csc(C)n1. The zero-order chi connectivity index (χ0) is 19.8. The van der Waals surface area contributed by atoms with Crippen molar-refractivity contribution >= 4 is 23.2 Å². The van der Waals surface area contributed by atoms with Crippen LogP contribution in [0.4, 0.5) is 0 Å². The van der Waals surface area contributed by atoms with Crippen molar-refractivity contribution in [2.75, 3.05) is 47.3 Å². The zero-order valence-electron chi connectivity index (χ0n) is 17.4. The fourth-order valence-electron chi connectivity index (χ4n) is 3.40. The van der Waals surface area contributed by atoms with Gasteiger partial charge >= 0.3 is 0 Å². The molecule has 0 aromatic carbocycles. The van der Waals surface area contributed by atoms with Crippen LogP contribution in [0.2, 0.25) is 0 Å². The normalized spacial score (nSPS) is 18.0. The Balaban J connectivity index is 1.84. The third-order valence-electron chi connectivity index (χ3n) is 4.72. The van der Waals surface area contributed by atoms with Gasteiger partial charge in [0.25, 0.3) is 0 Å². The smallest absolute Gasteiger partial charge is 0.239 e. The summed E-state index contributed by atoms with van der Waals surface area (Å²) in [7, 11) is 5.72. The molecule has 1 aromatic heterocycles. The van der Waals surface area contributed by atoms with Crippen LogP contribution in [0.25, 0.3) is 0 Å². The molecule has 2 heterocycles. The minimum Gasteiger partial charge on any atom is -0.357 e. The third kappa shape index (κ3) is 6.46. The molecule has 2 rings (SSSR count). The number of carbonyl (C=O) groups excluding carboxylic acids is 1. The molecule has 1 saturated heterocycles. The van der Waals surface area contributed by atoms with Gasteiger partial charge in [0.2, 0.25) is 5.91 Å². The summed E-state index contributed by atoms with van der Waals surface area (Å²) in [5.74, 6) is 1.13. The molecule has 0 spiro atoms. The standard InChI is InChI=1S/C19H34N6OS/c1-6-20-19(24(5)13-16-14-27-15(2)22-16)21-10-8-12-25-11-7-9-17(25)18(26)23(3)4/h14,17H,6-13H2,1-5H3,(H,20,21). The third-order valence-corrected chi connectivity index (χ3v) is 5.54. The van der Waals surface area contributed by atoms with Crippen molar-refractivity contribution in [1.82, 2.24) is 25.0 Å². The Kier molecular flexibility index (Phi) is 8.50. The number of thiazole rings is 1. The van der Waals surface area contributed by atoms with E-state index in [9.17, 15) is 4.79 Å². The van der Waals surface area contributed by atoms with Gasteiger partial charge in [0.05, 0.1) is 23.3 Å². The van der Waals surface area contributed by atoms with Crippen LogP contribution < -0.4 is 5.32 Å². The number of likely N-dealkylation sites (tertiary alicyclic amines) is 1. The molecule has 1 N–H and O–H groups in total. The van der Waals surface area contributed by atoms with E-state index in [1.807, 2.05) is 28.1 Å². The van der Waals surface area contributed by atoms with E-state index in [4.69, 9.17) is 4.99 Å². The van der Waals surface area contributed by atoms with E-state index in [0.717, 1.165) is 68.6 Å². The number of aromatic nitrogens is 1. The van der Waals surface area contributed by atoms with Crippen molar-refractivity contribution in [1.29, 1.82) is 0 Å². The quantitative estimate of drug-likeness (QED) is 0.414. The molecule has 1 unspecified atom stereocenters. The van der Waals surface area contributed by atoms with Crippen LogP contribution in [0.5, 0.6) is 0 Å². The number of hydrogen-bond acceptors (Lipinski definition) is 5. The maximum Gasteiger partial charge on any atom is 0.239 e. The lowest BCUT2D eigenvalue weighted by Crippen LogP contribution is -2.43. The Morgan fingerprint density at radius 1 is 1.44 bits per heavy atom. The molecular weight excluding hydrogens is 360 g/mol. The predicted octanol–water partition coefficient (Wildman–Crippen LogP) is 1.79. The fourth-order valence-corrected chi connectivity index (χ4v) is 4.00. The molecule has 0 aliphatic carbocycles. The van der Waals surface area contributed by atoms with Crippen LogP contribution >= 0.6 is 11.3 Å². The average molecular weight is 395 g/mol. The first kappa shape index (κ1) is 21.6. The van der Waals surface area contributed by atoms with Crippen molar-refractivity contribution in [3.63, 3.8) is 0 Å². The summed E-state index contributed by atoms with van der Waals surface area (Å²) >= 11 is 1.68. The summed E-state index contributed by atoms with van der Waals surface area (Å²) in [6.45, 7) is 8.38. The number of rotatable bonds is 8. The van der Waals surface area contributed by atoms with Gasteiger partial charge in [-0.05, 0) is 39.7 Å². The van der Waals surface area contributed by atoms with Crippen molar-refractivity contribution in [3.8, 4) is 0 Å². The second-order valence-corrected chi connectivity index (χ2v) is 8.29. The van der Waals surface area contributed by atoms with Crippen LogP contribution in [-0.2, 0) is 11.3 Å². The molecule has 1 aliphatic heterocycles. The highest BCUT2D eigenvalue weighted by molar-refractivity contribution is 7.09. The Morgan fingerprint density at radius 3 is 2.85 bits per heavy atom. The molecule has 1 fully saturated rings. The van der Waals surface area contributed by atoms with Gasteiger partial charge in [-0.25, -0.2) is 4.98 Å². The summed E-state index contributed by atoms with van der Waals surface area (Å²) in [4.78, 5) is 27.7. The maximum absolute atomic E-state index is 12.3. The molecule has 1 atom stereocenters. The molecule has 0 saturated carbocycles. The molecule has 1 amide bonds. The van der Waals surface area contributed by atoms with Crippen LogP contribution in [0.1, 0.15) is 36.9 Å². The van der Waals surface area contributed by atoms with Gasteiger partial charge in [0, 0.05) is 46.2 Å². The van der Waals surface area contributed by atoms with Gasteiger partial charge in [0.15, 0.2) is 5.96 Å². The van der Waals surface area contributed by atoms with Crippen LogP contribution in [-0.4, -0.2) is 84.9 Å². The van der Waals surface area contributed by atoms with E-state index in [1.165, 1.54) is 0 Å². The number of nitrogens with zero attached hydrogens (tertiary/aromatic N) is 5. The van der Waals surface area contributed by atoms with Gasteiger partial charge in [-0.2, -0.15) is 0 Å². The molecule has 152 valence electrons. The van der Waals surface area contributed by atoms with E-state index in [2.05, 4.69) is 32.4 Å². The first-order chi connectivity index (χ1) is 12.9. The highest BCUT2D eigenvalue weighted by atomic mass is 32.1. The van der Waals surface area contributed by atoms with Gasteiger partial charge in [0.1, 0.15) is 0 Å². The number of aryl methyl sites for hydroxylation is 1. The minimum atomic E-state index is 0.0489. The van der Waals surface area contributed by atoms with Crippen LogP contribution in [0, 0.1) is 6.92 Å². The highest BCUT2D eigenvalue weighted by Crippen LogP contribution is 2.18. The van der Waals surface area contributed by atoms with Crippen molar-refractivity contribution in [2.45, 2.75) is 45.7 Å². The topological polar surface area (TPSA) is 64.1 Å². The molecule has 1 aromatic rings. The summed E-state index contributed by atoms with van der Waals surface area (Å²) in [5, 5.41) is 6.55. The Bertz CT molecular complexity index is 629. The van der Waals surface area contributed by atoms with Gasteiger partial charge < -0.3 is 15.1 Å². The zero-order valence-corrected chi connectivity index (χ0v) is 18.2. The molecule has 0 bridgehead atoms. The average Bonchev–Trinajstić information content (AvgIpc) is 3.25. The molecule has 0 radical (unpaired) electrons. The predicted molar refractivity (Wildman–Crippen MR) is 112 cm³/mol. The van der Waals surface area contributed by atoms with Crippen molar-refractivity contribution in [2.24, 2.45) is 4.99 Å². The van der Waals surface area contributed by atoms with Crippen LogP contribution in [0.15, 0.2) is 10.4 Å². The fraction of sp³-hybridized carbons (Fsp3) is 0.737. The maximum atomic E-state index is 12.3. The highest BCUT2D eigenvalue weighted by Gasteiger charge is 2.30. The van der Waals surface area contributed by atoms with Crippen LogP contribution in [0.3, 0.4) is 0 Å². The number of aliphatic imine (C=N–C) groups is 1. The first-order valence-corrected chi connectivity index (χ1v) is 10.7. The van der Waals surface area contributed by atoms with E-state index < -0.39 is 0 Å². The van der Waals surface area contributed by atoms with Gasteiger partial charge in [-0.3, -0.25) is 14.7 Å². The molecule has 7 nitrogen and oxygen atoms in total. The molecular formula is C19H34N6OS. The minimum absolute atomic E-state index is 0.0489. The van der Waals surface area contributed by atoms with E-state index in [1.54, 1.807) is 16.2 Å². The Labute approximate surface area is 167 Å². The summed E-state index contributed by atoms with van der Waals surface area (Å²) in [6, 6.07) is 0.0489. The lowest BCUT2D eigenvalue weighted by molar-refractivity contribution is -0.133. The number of guanidine groups is 1. The number of carbonyl (C=O) groups is 1. The second kappa shape index (κ2) is 10.6. The molecule has 1 aliphatic rings. The summed E-state index contributed by atoms with van der Waals surface area (Å²) in [6.07, 6.45) is 3.03. The summed E-state index contributed by atoms with van der Waals surface area (Å²) < 4.78 is 0. The van der Waals surface area contributed by atoms with Gasteiger partial charge in [-0.1, -0.05) is 0 Å². The molecule has 27 heavy (non-hydrogen) atoms. The van der Waals surface area contributed by atoms with E-state index in [-0.39, 0.29) is 11.9 Å². The van der Waals surface area contributed by atoms with Gasteiger partial charge in [-0.15, -0.1) is 11.3 Å². The van der Waals surface area contributed by atoms with Crippen molar-refractivity contribution in [3.05, 3.63) is 16.1 Å². The Morgan fingerprint density at radius 2 is 2.22 bits per heavy atom. The van der Waals surface area contributed by atoms with Crippen molar-refractivity contribution < 1.29 is 4.79 Å².